The molecule has 0 unspecified atom stereocenters. The number of hydrogen-bond acceptors (Lipinski definition) is 3. The molecule has 0 heterocycles. The Morgan fingerprint density at radius 1 is 1.50 bits per heavy atom. The van der Waals surface area contributed by atoms with E-state index in [2.05, 4.69) is 4.99 Å². The Bertz CT molecular complexity index is 146. The summed E-state index contributed by atoms with van der Waals surface area (Å²) in [6.07, 6.45) is 1.56. The molecule has 0 rings (SSSR count). The van der Waals surface area contributed by atoms with Crippen molar-refractivity contribution in [3.8, 4) is 0 Å². The number of rotatable bonds is 3. The van der Waals surface area contributed by atoms with Crippen LogP contribution in [0.5, 0.6) is 0 Å². The molecule has 0 aliphatic heterocycles. The van der Waals surface area contributed by atoms with Crippen LogP contribution in [0, 0.1) is 0 Å². The predicted octanol–water partition coefficient (Wildman–Crippen LogP) is 0.662. The first-order valence-electron chi connectivity index (χ1n) is 3.22. The van der Waals surface area contributed by atoms with Crippen molar-refractivity contribution in [2.45, 2.75) is 19.4 Å². The maximum atomic E-state index is 9.89. The molecule has 0 aliphatic rings. The summed E-state index contributed by atoms with van der Waals surface area (Å²) in [6.45, 7) is 4.57. The minimum Gasteiger partial charge on any atom is -0.307 e. The summed E-state index contributed by atoms with van der Waals surface area (Å²) >= 11 is 0. The van der Waals surface area contributed by atoms with E-state index in [9.17, 15) is 4.79 Å². The quantitative estimate of drug-likeness (QED) is 0.428. The van der Waals surface area contributed by atoms with Gasteiger partial charge in [-0.1, -0.05) is 0 Å². The van der Waals surface area contributed by atoms with E-state index < -0.39 is 0 Å². The topological polar surface area (TPSA) is 32.7 Å². The van der Waals surface area contributed by atoms with Crippen molar-refractivity contribution in [3.63, 3.8) is 0 Å². The van der Waals surface area contributed by atoms with Crippen molar-refractivity contribution >= 4 is 6.08 Å². The summed E-state index contributed by atoms with van der Waals surface area (Å²) in [5.41, 5.74) is -0.300. The third kappa shape index (κ3) is 4.24. The first-order chi connectivity index (χ1) is 4.48. The first-order valence-corrected chi connectivity index (χ1v) is 3.22. The van der Waals surface area contributed by atoms with Gasteiger partial charge >= 0.3 is 0 Å². The summed E-state index contributed by atoms with van der Waals surface area (Å²) in [4.78, 5) is 15.5. The van der Waals surface area contributed by atoms with Crippen LogP contribution in [0.2, 0.25) is 0 Å². The lowest BCUT2D eigenvalue weighted by molar-refractivity contribution is 0.318. The zero-order valence-electron chi connectivity index (χ0n) is 7.01. The molecular formula is C7H14N2O. The molecule has 0 saturated heterocycles. The van der Waals surface area contributed by atoms with Crippen molar-refractivity contribution in [3.05, 3.63) is 0 Å². The van der Waals surface area contributed by atoms with Gasteiger partial charge in [0.2, 0.25) is 6.08 Å². The van der Waals surface area contributed by atoms with Crippen LogP contribution in [0.3, 0.4) is 0 Å². The Morgan fingerprint density at radius 3 is 2.30 bits per heavy atom. The summed E-state index contributed by atoms with van der Waals surface area (Å²) in [5.74, 6) is 0. The molecule has 0 bridgehead atoms. The fraction of sp³-hybridized carbons (Fsp3) is 0.857. The van der Waals surface area contributed by atoms with Gasteiger partial charge < -0.3 is 4.90 Å². The number of nitrogens with zero attached hydrogens (tertiary/aromatic N) is 2. The van der Waals surface area contributed by atoms with Gasteiger partial charge in [0.05, 0.1) is 5.54 Å². The highest BCUT2D eigenvalue weighted by Crippen LogP contribution is 2.07. The number of hydrogen-bond donors (Lipinski definition) is 0. The summed E-state index contributed by atoms with van der Waals surface area (Å²) in [7, 11) is 3.89. The molecule has 0 saturated carbocycles. The van der Waals surface area contributed by atoms with Gasteiger partial charge in [-0.3, -0.25) is 0 Å². The van der Waals surface area contributed by atoms with E-state index in [4.69, 9.17) is 0 Å². The van der Waals surface area contributed by atoms with Crippen LogP contribution in [-0.4, -0.2) is 37.2 Å². The Labute approximate surface area is 61.7 Å². The highest BCUT2D eigenvalue weighted by atomic mass is 16.1. The third-order valence-electron chi connectivity index (χ3n) is 1.05. The lowest BCUT2D eigenvalue weighted by atomic mass is 10.1. The van der Waals surface area contributed by atoms with Gasteiger partial charge in [0.25, 0.3) is 0 Å². The molecule has 0 amide bonds. The van der Waals surface area contributed by atoms with Gasteiger partial charge in [-0.05, 0) is 27.9 Å². The van der Waals surface area contributed by atoms with E-state index >= 15 is 0 Å². The van der Waals surface area contributed by atoms with Gasteiger partial charge in [0.1, 0.15) is 0 Å². The van der Waals surface area contributed by atoms with Crippen molar-refractivity contribution in [1.29, 1.82) is 0 Å². The lowest BCUT2D eigenvalue weighted by Crippen LogP contribution is -2.32. The summed E-state index contributed by atoms with van der Waals surface area (Å²) in [6, 6.07) is 0. The van der Waals surface area contributed by atoms with Crippen LogP contribution < -0.4 is 0 Å². The molecule has 10 heavy (non-hydrogen) atoms. The van der Waals surface area contributed by atoms with E-state index in [-0.39, 0.29) is 5.54 Å². The Hall–Kier alpha value is -0.660. The van der Waals surface area contributed by atoms with E-state index in [1.807, 2.05) is 32.8 Å². The monoisotopic (exact) mass is 142 g/mol. The standard InChI is InChI=1S/C7H14N2O/c1-7(2,8-6-10)5-9(3)4/h5H2,1-4H3. The molecule has 3 heteroatoms. The molecule has 0 radical (unpaired) electrons. The molecule has 0 atom stereocenters. The van der Waals surface area contributed by atoms with Crippen molar-refractivity contribution in [2.75, 3.05) is 20.6 Å². The highest BCUT2D eigenvalue weighted by molar-refractivity contribution is 5.34. The second kappa shape index (κ2) is 3.49. The second-order valence-corrected chi connectivity index (χ2v) is 3.25. The van der Waals surface area contributed by atoms with Gasteiger partial charge in [-0.2, -0.15) is 4.99 Å². The maximum Gasteiger partial charge on any atom is 0.235 e. The molecule has 0 spiro atoms. The minimum absolute atomic E-state index is 0.300. The second-order valence-electron chi connectivity index (χ2n) is 3.25. The Balaban J connectivity index is 3.98. The average Bonchev–Trinajstić information content (AvgIpc) is 1.59. The summed E-state index contributed by atoms with van der Waals surface area (Å²) in [5, 5.41) is 0. The number of isocyanates is 1. The van der Waals surface area contributed by atoms with Crippen LogP contribution in [0.4, 0.5) is 0 Å². The van der Waals surface area contributed by atoms with Crippen LogP contribution >= 0.6 is 0 Å². The first kappa shape index (κ1) is 9.34. The normalized spacial score (nSPS) is 11.3. The minimum atomic E-state index is -0.300. The Kier molecular flexibility index (Phi) is 3.26. The molecular weight excluding hydrogens is 128 g/mol. The van der Waals surface area contributed by atoms with E-state index in [0.29, 0.717) is 0 Å². The zero-order valence-corrected chi connectivity index (χ0v) is 7.01. The van der Waals surface area contributed by atoms with Crippen LogP contribution in [0.1, 0.15) is 13.8 Å². The molecule has 0 fully saturated rings. The number of carbonyl (C=O) groups excluding carboxylic acids is 1. The van der Waals surface area contributed by atoms with Crippen molar-refractivity contribution in [1.82, 2.24) is 4.90 Å². The SMILES string of the molecule is CN(C)CC(C)(C)N=C=O. The molecule has 0 N–H and O–H groups in total. The smallest absolute Gasteiger partial charge is 0.235 e. The van der Waals surface area contributed by atoms with E-state index in [1.54, 1.807) is 6.08 Å². The van der Waals surface area contributed by atoms with Crippen molar-refractivity contribution in [2.24, 2.45) is 4.99 Å². The predicted molar refractivity (Wildman–Crippen MR) is 40.8 cm³/mol. The van der Waals surface area contributed by atoms with Crippen molar-refractivity contribution < 1.29 is 4.79 Å². The van der Waals surface area contributed by atoms with E-state index in [0.717, 1.165) is 6.54 Å². The fourth-order valence-corrected chi connectivity index (χ4v) is 0.933. The summed E-state index contributed by atoms with van der Waals surface area (Å²) < 4.78 is 0. The van der Waals surface area contributed by atoms with Gasteiger partial charge in [-0.15, -0.1) is 0 Å². The number of likely N-dealkylation sites (N-methyl/N-ethyl adjacent to an activating group) is 1. The van der Waals surface area contributed by atoms with Crippen LogP contribution in [-0.2, 0) is 4.79 Å². The molecule has 3 nitrogen and oxygen atoms in total. The van der Waals surface area contributed by atoms with Crippen LogP contribution in [0.25, 0.3) is 0 Å². The molecule has 0 aliphatic carbocycles. The molecule has 58 valence electrons. The molecule has 0 aromatic carbocycles. The largest absolute Gasteiger partial charge is 0.307 e. The highest BCUT2D eigenvalue weighted by Gasteiger charge is 2.16. The zero-order chi connectivity index (χ0) is 8.20. The third-order valence-corrected chi connectivity index (χ3v) is 1.05. The van der Waals surface area contributed by atoms with Crippen LogP contribution in [0.15, 0.2) is 4.99 Å². The fourth-order valence-electron chi connectivity index (χ4n) is 0.933. The molecule has 0 aromatic rings. The lowest BCUT2D eigenvalue weighted by Gasteiger charge is -2.21. The van der Waals surface area contributed by atoms with E-state index in [1.165, 1.54) is 0 Å². The van der Waals surface area contributed by atoms with Gasteiger partial charge in [0, 0.05) is 6.54 Å². The Morgan fingerprint density at radius 2 is 2.00 bits per heavy atom. The number of aliphatic imine (C=N–C) groups is 1. The average molecular weight is 142 g/mol. The molecule has 0 aromatic heterocycles. The van der Waals surface area contributed by atoms with Gasteiger partial charge in [0.15, 0.2) is 0 Å². The van der Waals surface area contributed by atoms with Gasteiger partial charge in [-0.25, -0.2) is 4.79 Å². The maximum absolute atomic E-state index is 9.89.